The Morgan fingerprint density at radius 3 is 2.69 bits per heavy atom. The number of nitrogen functional groups attached to an aromatic ring is 1. The molecular weight excluding hydrogens is 445 g/mol. The van der Waals surface area contributed by atoms with Crippen molar-refractivity contribution < 1.29 is 28.2 Å². The lowest BCUT2D eigenvalue weighted by Gasteiger charge is -2.23. The molecule has 0 spiro atoms. The molecule has 0 amide bonds. The van der Waals surface area contributed by atoms with E-state index in [1.807, 2.05) is 6.26 Å². The smallest absolute Gasteiger partial charge is 0.332 e. The van der Waals surface area contributed by atoms with Crippen LogP contribution in [0.15, 0.2) is 11.0 Å². The first kappa shape index (κ1) is 24.0. The summed E-state index contributed by atoms with van der Waals surface area (Å²) in [7, 11) is 0. The van der Waals surface area contributed by atoms with Crippen LogP contribution < -0.4 is 11.4 Å². The van der Waals surface area contributed by atoms with E-state index in [1.165, 1.54) is 29.4 Å². The first-order chi connectivity index (χ1) is 15.2. The standard InChI is InChI=1S/C19H26FN5O6S/c1-5-12(29-9(2)26)14-13(20)15(30-10(3)27)17(31-14)25-16-11(8-22-18(21)23-16)24(19(25)28)6-7-32-4/h8,12-15,17H,5-7H2,1-4H3,(H2,21,22,23)/t12-,13-,14+,15+,17+/m0/s1. The van der Waals surface area contributed by atoms with Crippen LogP contribution in [0.5, 0.6) is 0 Å². The van der Waals surface area contributed by atoms with Gasteiger partial charge in [-0.05, 0) is 12.7 Å². The van der Waals surface area contributed by atoms with Crippen LogP contribution in [0, 0.1) is 0 Å². The highest BCUT2D eigenvalue weighted by Gasteiger charge is 2.53. The molecule has 1 aliphatic rings. The van der Waals surface area contributed by atoms with Gasteiger partial charge in [0.25, 0.3) is 0 Å². The second-order valence-corrected chi connectivity index (χ2v) is 8.29. The predicted molar refractivity (Wildman–Crippen MR) is 115 cm³/mol. The maximum Gasteiger partial charge on any atom is 0.332 e. The van der Waals surface area contributed by atoms with Crippen molar-refractivity contribution in [3.8, 4) is 0 Å². The molecule has 13 heteroatoms. The number of alkyl halides is 1. The Labute approximate surface area is 187 Å². The van der Waals surface area contributed by atoms with Gasteiger partial charge in [-0.15, -0.1) is 0 Å². The van der Waals surface area contributed by atoms with Gasteiger partial charge in [-0.25, -0.2) is 18.7 Å². The average Bonchev–Trinajstić information content (AvgIpc) is 3.17. The number of nitrogens with two attached hydrogens (primary N) is 1. The fraction of sp³-hybridized carbons (Fsp3) is 0.632. The van der Waals surface area contributed by atoms with Crippen molar-refractivity contribution in [3.63, 3.8) is 0 Å². The van der Waals surface area contributed by atoms with Crippen LogP contribution in [-0.4, -0.2) is 67.5 Å². The van der Waals surface area contributed by atoms with Crippen LogP contribution in [0.2, 0.25) is 0 Å². The van der Waals surface area contributed by atoms with Gasteiger partial charge in [0, 0.05) is 26.1 Å². The molecule has 0 saturated carbocycles. The summed E-state index contributed by atoms with van der Waals surface area (Å²) in [6, 6.07) is 0. The summed E-state index contributed by atoms with van der Waals surface area (Å²) >= 11 is 1.54. The van der Waals surface area contributed by atoms with Crippen LogP contribution in [0.1, 0.15) is 33.4 Å². The molecule has 3 rings (SSSR count). The van der Waals surface area contributed by atoms with Crippen molar-refractivity contribution >= 4 is 40.8 Å². The number of thioether (sulfide) groups is 1. The summed E-state index contributed by atoms with van der Waals surface area (Å²) in [6.45, 7) is 4.38. The molecular formula is C19H26FN5O6S. The van der Waals surface area contributed by atoms with E-state index in [-0.39, 0.29) is 18.0 Å². The third kappa shape index (κ3) is 4.58. The first-order valence-electron chi connectivity index (χ1n) is 10.1. The lowest BCUT2D eigenvalue weighted by molar-refractivity contribution is -0.159. The number of hydrogen-bond acceptors (Lipinski definition) is 10. The molecule has 2 N–H and O–H groups in total. The normalized spacial score (nSPS) is 23.9. The van der Waals surface area contributed by atoms with Gasteiger partial charge >= 0.3 is 17.6 Å². The number of aryl methyl sites for hydroxylation is 1. The minimum atomic E-state index is -1.86. The number of imidazole rings is 1. The Morgan fingerprint density at radius 1 is 1.38 bits per heavy atom. The Bertz CT molecular complexity index is 1060. The van der Waals surface area contributed by atoms with Gasteiger partial charge in [0.1, 0.15) is 17.7 Å². The van der Waals surface area contributed by atoms with Gasteiger partial charge in [0.15, 0.2) is 24.2 Å². The number of fused-ring (bicyclic) bond motifs is 1. The number of aromatic nitrogens is 4. The highest BCUT2D eigenvalue weighted by molar-refractivity contribution is 7.98. The molecule has 1 fully saturated rings. The van der Waals surface area contributed by atoms with E-state index in [4.69, 9.17) is 19.9 Å². The molecule has 5 atom stereocenters. The maximum absolute atomic E-state index is 15.5. The van der Waals surface area contributed by atoms with Crippen LogP contribution in [0.25, 0.3) is 11.2 Å². The fourth-order valence-electron chi connectivity index (χ4n) is 3.77. The fourth-order valence-corrected chi connectivity index (χ4v) is 4.13. The second kappa shape index (κ2) is 9.86. The van der Waals surface area contributed by atoms with Crippen LogP contribution in [0.4, 0.5) is 10.3 Å². The van der Waals surface area contributed by atoms with Gasteiger partial charge in [0.2, 0.25) is 5.95 Å². The molecule has 0 radical (unpaired) electrons. The largest absolute Gasteiger partial charge is 0.460 e. The number of carbonyl (C=O) groups is 2. The third-order valence-corrected chi connectivity index (χ3v) is 5.68. The Kier molecular flexibility index (Phi) is 7.39. The first-order valence-corrected chi connectivity index (χ1v) is 11.4. The van der Waals surface area contributed by atoms with Crippen LogP contribution >= 0.6 is 11.8 Å². The number of ether oxygens (including phenoxy) is 3. The van der Waals surface area contributed by atoms with E-state index in [2.05, 4.69) is 9.97 Å². The Morgan fingerprint density at radius 2 is 2.09 bits per heavy atom. The zero-order valence-electron chi connectivity index (χ0n) is 18.2. The molecule has 176 valence electrons. The summed E-state index contributed by atoms with van der Waals surface area (Å²) in [5, 5.41) is 0. The summed E-state index contributed by atoms with van der Waals surface area (Å²) in [6.07, 6.45) is -3.30. The van der Waals surface area contributed by atoms with Crippen molar-refractivity contribution in [1.29, 1.82) is 0 Å². The lowest BCUT2D eigenvalue weighted by Crippen LogP contribution is -2.40. The number of hydrogen-bond donors (Lipinski definition) is 1. The molecule has 0 aliphatic carbocycles. The minimum absolute atomic E-state index is 0.0880. The van der Waals surface area contributed by atoms with E-state index in [1.54, 1.807) is 6.92 Å². The Hall–Kier alpha value is -2.67. The zero-order valence-corrected chi connectivity index (χ0v) is 19.0. The zero-order chi connectivity index (χ0) is 23.6. The number of esters is 2. The van der Waals surface area contributed by atoms with E-state index in [0.717, 1.165) is 11.5 Å². The van der Waals surface area contributed by atoms with Crippen molar-refractivity contribution in [2.75, 3.05) is 17.7 Å². The molecule has 0 aromatic carbocycles. The molecule has 3 heterocycles. The van der Waals surface area contributed by atoms with E-state index < -0.39 is 48.3 Å². The number of rotatable bonds is 8. The van der Waals surface area contributed by atoms with Crippen LogP contribution in [0.3, 0.4) is 0 Å². The average molecular weight is 472 g/mol. The van der Waals surface area contributed by atoms with Crippen molar-refractivity contribution in [1.82, 2.24) is 19.1 Å². The second-order valence-electron chi connectivity index (χ2n) is 7.30. The topological polar surface area (TPSA) is 141 Å². The summed E-state index contributed by atoms with van der Waals surface area (Å²) in [5.74, 6) is -0.816. The summed E-state index contributed by atoms with van der Waals surface area (Å²) < 4.78 is 34.3. The maximum atomic E-state index is 15.5. The quantitative estimate of drug-likeness (QED) is 0.555. The van der Waals surface area contributed by atoms with Crippen molar-refractivity contribution in [3.05, 3.63) is 16.7 Å². The van der Waals surface area contributed by atoms with Gasteiger partial charge in [-0.3, -0.25) is 14.2 Å². The molecule has 2 aromatic rings. The Balaban J connectivity index is 2.14. The van der Waals surface area contributed by atoms with Gasteiger partial charge in [0.05, 0.1) is 6.20 Å². The molecule has 1 aliphatic heterocycles. The molecule has 32 heavy (non-hydrogen) atoms. The molecule has 1 saturated heterocycles. The highest BCUT2D eigenvalue weighted by Crippen LogP contribution is 2.37. The highest BCUT2D eigenvalue weighted by atomic mass is 32.2. The van der Waals surface area contributed by atoms with Crippen LogP contribution in [-0.2, 0) is 30.3 Å². The van der Waals surface area contributed by atoms with Crippen molar-refractivity contribution in [2.24, 2.45) is 0 Å². The van der Waals surface area contributed by atoms with E-state index >= 15 is 4.39 Å². The number of halogens is 1. The SMILES string of the molecule is CC[C@H](OC(C)=O)[C@H]1O[C@@H](n2c(=O)n(CCSC)c3cnc(N)nc32)[C@H](OC(C)=O)[C@H]1F. The molecule has 2 aromatic heterocycles. The minimum Gasteiger partial charge on any atom is -0.460 e. The lowest BCUT2D eigenvalue weighted by atomic mass is 10.0. The molecule has 0 bridgehead atoms. The van der Waals surface area contributed by atoms with Crippen molar-refractivity contribution in [2.45, 2.75) is 64.4 Å². The summed E-state index contributed by atoms with van der Waals surface area (Å²) in [5.41, 5.74) is 5.71. The van der Waals surface area contributed by atoms with Gasteiger partial charge in [-0.2, -0.15) is 16.7 Å². The molecule has 11 nitrogen and oxygen atoms in total. The van der Waals surface area contributed by atoms with Gasteiger partial charge < -0.3 is 19.9 Å². The summed E-state index contributed by atoms with van der Waals surface area (Å²) in [4.78, 5) is 44.7. The number of anilines is 1. The van der Waals surface area contributed by atoms with E-state index in [9.17, 15) is 14.4 Å². The third-order valence-electron chi connectivity index (χ3n) is 5.09. The van der Waals surface area contributed by atoms with Gasteiger partial charge in [-0.1, -0.05) is 6.92 Å². The number of nitrogens with zero attached hydrogens (tertiary/aromatic N) is 4. The predicted octanol–water partition coefficient (Wildman–Crippen LogP) is 1.05. The monoisotopic (exact) mass is 471 g/mol. The van der Waals surface area contributed by atoms with E-state index in [0.29, 0.717) is 17.8 Å². The molecule has 0 unspecified atom stereocenters. The number of carbonyl (C=O) groups excluding carboxylic acids is 2.